The van der Waals surface area contributed by atoms with E-state index >= 15 is 0 Å². The molecule has 1 atom stereocenters. The van der Waals surface area contributed by atoms with Gasteiger partial charge < -0.3 is 14.2 Å². The van der Waals surface area contributed by atoms with Crippen LogP contribution >= 0.6 is 0 Å². The number of ether oxygens (including phenoxy) is 3. The Morgan fingerprint density at radius 3 is 1.00 bits per heavy atom. The average molecular weight is 927 g/mol. The van der Waals surface area contributed by atoms with Gasteiger partial charge in [0.1, 0.15) is 13.2 Å². The fourth-order valence-electron chi connectivity index (χ4n) is 6.80. The topological polar surface area (TPSA) is 78.9 Å². The quantitative estimate of drug-likeness (QED) is 0.0262. The first-order chi connectivity index (χ1) is 33.0. The van der Waals surface area contributed by atoms with Crippen molar-refractivity contribution in [3.05, 3.63) is 122 Å². The number of rotatable bonds is 47. The Balaban J connectivity index is 4.56. The van der Waals surface area contributed by atoms with Crippen molar-refractivity contribution in [3.63, 3.8) is 0 Å². The first-order valence-electron chi connectivity index (χ1n) is 27.0. The first kappa shape index (κ1) is 62.8. The molecule has 67 heavy (non-hydrogen) atoms. The third-order valence-electron chi connectivity index (χ3n) is 10.9. The molecule has 0 N–H and O–H groups in total. The normalized spacial score (nSPS) is 13.1. The van der Waals surface area contributed by atoms with E-state index in [4.69, 9.17) is 14.2 Å². The van der Waals surface area contributed by atoms with Crippen molar-refractivity contribution in [2.45, 2.75) is 232 Å². The zero-order valence-electron chi connectivity index (χ0n) is 43.1. The molecule has 0 aliphatic carbocycles. The van der Waals surface area contributed by atoms with Crippen LogP contribution in [-0.2, 0) is 28.6 Å². The zero-order chi connectivity index (χ0) is 48.6. The molecular formula is C61H98O6. The van der Waals surface area contributed by atoms with Gasteiger partial charge in [0.2, 0.25) is 0 Å². The summed E-state index contributed by atoms with van der Waals surface area (Å²) in [6, 6.07) is 0. The van der Waals surface area contributed by atoms with Crippen LogP contribution in [0, 0.1) is 0 Å². The maximum Gasteiger partial charge on any atom is 0.306 e. The van der Waals surface area contributed by atoms with Crippen molar-refractivity contribution in [2.24, 2.45) is 0 Å². The molecule has 0 fully saturated rings. The van der Waals surface area contributed by atoms with Crippen molar-refractivity contribution in [2.75, 3.05) is 13.2 Å². The van der Waals surface area contributed by atoms with Crippen molar-refractivity contribution in [1.29, 1.82) is 0 Å². The van der Waals surface area contributed by atoms with E-state index in [2.05, 4.69) is 130 Å². The molecule has 0 radical (unpaired) electrons. The van der Waals surface area contributed by atoms with E-state index in [1.807, 2.05) is 12.2 Å². The summed E-state index contributed by atoms with van der Waals surface area (Å²) in [5, 5.41) is 0. The van der Waals surface area contributed by atoms with Crippen molar-refractivity contribution < 1.29 is 28.6 Å². The van der Waals surface area contributed by atoms with E-state index in [0.29, 0.717) is 19.3 Å². The SMILES string of the molecule is CCCC/C=C\CCCCCCCC(=O)OC[C@@H](COC(=O)CC/C=C\C/C=C\C/C=C\C/C=C\C/C=C\CCCCC)OC(=O)CCCCC/C=C\C/C=C\C/C=C\C/C=C\CCCCC. The van der Waals surface area contributed by atoms with Crippen LogP contribution in [0.25, 0.3) is 0 Å². The number of carbonyl (C=O) groups excluding carboxylic acids is 3. The molecule has 0 aliphatic heterocycles. The Morgan fingerprint density at radius 1 is 0.299 bits per heavy atom. The minimum Gasteiger partial charge on any atom is -0.462 e. The summed E-state index contributed by atoms with van der Waals surface area (Å²) in [5.41, 5.74) is 0. The molecule has 0 aromatic carbocycles. The molecule has 0 aliphatic rings. The Hall–Kier alpha value is -4.19. The molecule has 0 aromatic rings. The highest BCUT2D eigenvalue weighted by atomic mass is 16.6. The lowest BCUT2D eigenvalue weighted by atomic mass is 10.1. The highest BCUT2D eigenvalue weighted by Gasteiger charge is 2.19. The summed E-state index contributed by atoms with van der Waals surface area (Å²) in [6.07, 6.45) is 74.8. The molecule has 0 aromatic heterocycles. The highest BCUT2D eigenvalue weighted by molar-refractivity contribution is 5.71. The van der Waals surface area contributed by atoms with Crippen molar-refractivity contribution >= 4 is 17.9 Å². The van der Waals surface area contributed by atoms with Gasteiger partial charge in [-0.2, -0.15) is 0 Å². The lowest BCUT2D eigenvalue weighted by Crippen LogP contribution is -2.30. The lowest BCUT2D eigenvalue weighted by Gasteiger charge is -2.18. The van der Waals surface area contributed by atoms with Crippen LogP contribution in [0.4, 0.5) is 0 Å². The fourth-order valence-corrected chi connectivity index (χ4v) is 6.80. The van der Waals surface area contributed by atoms with Crippen LogP contribution < -0.4 is 0 Å². The summed E-state index contributed by atoms with van der Waals surface area (Å²) in [5.74, 6) is -1.06. The minimum absolute atomic E-state index is 0.122. The van der Waals surface area contributed by atoms with Gasteiger partial charge >= 0.3 is 17.9 Å². The Kier molecular flexibility index (Phi) is 51.0. The molecular weight excluding hydrogens is 829 g/mol. The van der Waals surface area contributed by atoms with Crippen LogP contribution in [0.5, 0.6) is 0 Å². The summed E-state index contributed by atoms with van der Waals surface area (Å²) < 4.78 is 16.7. The van der Waals surface area contributed by atoms with Crippen LogP contribution in [0.15, 0.2) is 122 Å². The number of unbranched alkanes of at least 4 members (excludes halogenated alkanes) is 16. The van der Waals surface area contributed by atoms with Crippen molar-refractivity contribution in [1.82, 2.24) is 0 Å². The third kappa shape index (κ3) is 52.6. The molecule has 0 rings (SSSR count). The van der Waals surface area contributed by atoms with Gasteiger partial charge in [-0.05, 0) is 122 Å². The molecule has 0 saturated carbocycles. The summed E-state index contributed by atoms with van der Waals surface area (Å²) in [6.45, 7) is 6.43. The summed E-state index contributed by atoms with van der Waals surface area (Å²) >= 11 is 0. The molecule has 0 saturated heterocycles. The molecule has 0 unspecified atom stereocenters. The van der Waals surface area contributed by atoms with Crippen LogP contribution in [-0.4, -0.2) is 37.2 Å². The minimum atomic E-state index is -0.831. The fraction of sp³-hybridized carbons (Fsp3) is 0.623. The van der Waals surface area contributed by atoms with E-state index in [-0.39, 0.29) is 44.0 Å². The number of hydrogen-bond donors (Lipinski definition) is 0. The summed E-state index contributed by atoms with van der Waals surface area (Å²) in [4.78, 5) is 38.0. The van der Waals surface area contributed by atoms with E-state index in [1.54, 1.807) is 0 Å². The Labute approximate surface area is 412 Å². The maximum atomic E-state index is 12.8. The van der Waals surface area contributed by atoms with Crippen LogP contribution in [0.3, 0.4) is 0 Å². The second-order valence-electron chi connectivity index (χ2n) is 17.4. The molecule has 0 bridgehead atoms. The van der Waals surface area contributed by atoms with Gasteiger partial charge in [-0.25, -0.2) is 0 Å². The van der Waals surface area contributed by atoms with Gasteiger partial charge in [-0.1, -0.05) is 206 Å². The predicted octanol–water partition coefficient (Wildman–Crippen LogP) is 18.1. The Morgan fingerprint density at radius 2 is 0.582 bits per heavy atom. The standard InChI is InChI=1S/C61H98O6/c1-4-7-10-13-16-19-22-24-26-28-30-32-34-36-39-42-45-48-51-54-60(63)66-57-58(56-65-59(62)53-50-47-44-41-38-21-18-15-12-9-6-3)67-61(64)55-52-49-46-43-40-37-35-33-31-29-27-25-23-20-17-14-11-8-5-2/h15-20,24-27,30-33,36-37,39-40,45,48,58H,4-14,21-23,28-29,34-35,38,41-44,46-47,49-57H2,1-3H3/b18-15-,19-16-,20-17-,26-24-,27-25-,32-30-,33-31-,39-36-,40-37-,48-45-/t58-/m0/s1. The lowest BCUT2D eigenvalue weighted by molar-refractivity contribution is -0.166. The predicted molar refractivity (Wildman–Crippen MR) is 288 cm³/mol. The van der Waals surface area contributed by atoms with E-state index in [1.165, 1.54) is 77.0 Å². The molecule has 0 heterocycles. The van der Waals surface area contributed by atoms with Gasteiger partial charge in [0.05, 0.1) is 0 Å². The van der Waals surface area contributed by atoms with E-state index < -0.39 is 6.10 Å². The van der Waals surface area contributed by atoms with Gasteiger partial charge in [-0.15, -0.1) is 0 Å². The smallest absolute Gasteiger partial charge is 0.306 e. The number of allylic oxidation sites excluding steroid dienone is 20. The highest BCUT2D eigenvalue weighted by Crippen LogP contribution is 2.12. The number of carbonyl (C=O) groups is 3. The second kappa shape index (κ2) is 54.4. The molecule has 0 spiro atoms. The second-order valence-corrected chi connectivity index (χ2v) is 17.4. The molecule has 6 heteroatoms. The molecule has 378 valence electrons. The summed E-state index contributed by atoms with van der Waals surface area (Å²) in [7, 11) is 0. The number of hydrogen-bond acceptors (Lipinski definition) is 6. The Bertz CT molecular complexity index is 1440. The van der Waals surface area contributed by atoms with Crippen LogP contribution in [0.1, 0.15) is 226 Å². The monoisotopic (exact) mass is 927 g/mol. The average Bonchev–Trinajstić information content (AvgIpc) is 3.33. The zero-order valence-corrected chi connectivity index (χ0v) is 43.1. The van der Waals surface area contributed by atoms with E-state index in [9.17, 15) is 14.4 Å². The first-order valence-corrected chi connectivity index (χ1v) is 27.0. The molecule has 6 nitrogen and oxygen atoms in total. The van der Waals surface area contributed by atoms with Crippen molar-refractivity contribution in [3.8, 4) is 0 Å². The van der Waals surface area contributed by atoms with E-state index in [0.717, 1.165) is 96.3 Å². The van der Waals surface area contributed by atoms with Crippen LogP contribution in [0.2, 0.25) is 0 Å². The largest absolute Gasteiger partial charge is 0.462 e. The van der Waals surface area contributed by atoms with Gasteiger partial charge in [0.25, 0.3) is 0 Å². The van der Waals surface area contributed by atoms with Gasteiger partial charge in [-0.3, -0.25) is 14.4 Å². The maximum absolute atomic E-state index is 12.8. The third-order valence-corrected chi connectivity index (χ3v) is 10.9. The molecule has 0 amide bonds. The van der Waals surface area contributed by atoms with Gasteiger partial charge in [0.15, 0.2) is 6.10 Å². The van der Waals surface area contributed by atoms with Gasteiger partial charge in [0, 0.05) is 19.3 Å². The number of esters is 3.